The molecule has 5 rings (SSSR count). The average Bonchev–Trinajstić information content (AvgIpc) is 3.36. The maximum absolute atomic E-state index is 5.07. The molecule has 154 valence electrons. The second-order valence-electron chi connectivity index (χ2n) is 7.87. The van der Waals surface area contributed by atoms with Crippen molar-refractivity contribution in [2.24, 2.45) is 7.05 Å². The van der Waals surface area contributed by atoms with Crippen LogP contribution in [0.1, 0.15) is 18.1 Å². The van der Waals surface area contributed by atoms with Crippen molar-refractivity contribution in [3.05, 3.63) is 71.8 Å². The normalized spacial score (nSPS) is 11.4. The molecule has 0 saturated carbocycles. The van der Waals surface area contributed by atoms with Crippen LogP contribution in [-0.2, 0) is 13.6 Å². The highest BCUT2D eigenvalue weighted by molar-refractivity contribution is 5.89. The van der Waals surface area contributed by atoms with Gasteiger partial charge in [0.1, 0.15) is 5.82 Å². The molecule has 6 nitrogen and oxygen atoms in total. The van der Waals surface area contributed by atoms with Crippen LogP contribution in [0.3, 0.4) is 0 Å². The van der Waals surface area contributed by atoms with E-state index in [4.69, 9.17) is 4.98 Å². The van der Waals surface area contributed by atoms with Gasteiger partial charge in [-0.15, -0.1) is 5.10 Å². The zero-order valence-electron chi connectivity index (χ0n) is 18.2. The number of hydrogen-bond donors (Lipinski definition) is 0. The largest absolute Gasteiger partial charge is 0.324 e. The highest BCUT2D eigenvalue weighted by atomic mass is 15.5. The van der Waals surface area contributed by atoms with E-state index in [0.717, 1.165) is 40.4 Å². The van der Waals surface area contributed by atoms with Gasteiger partial charge in [-0.1, -0.05) is 48.0 Å². The molecule has 0 unspecified atom stereocenters. The van der Waals surface area contributed by atoms with Crippen LogP contribution >= 0.6 is 0 Å². The average molecular weight is 409 g/mol. The van der Waals surface area contributed by atoms with E-state index in [9.17, 15) is 0 Å². The Balaban J connectivity index is 1.72. The Morgan fingerprint density at radius 3 is 2.35 bits per heavy atom. The number of tetrazole rings is 1. The van der Waals surface area contributed by atoms with Crippen molar-refractivity contribution in [1.82, 2.24) is 29.8 Å². The molecule has 0 aliphatic rings. The fourth-order valence-electron chi connectivity index (χ4n) is 4.30. The lowest BCUT2D eigenvalue weighted by Gasteiger charge is -2.14. The number of aryl methyl sites for hydroxylation is 4. The summed E-state index contributed by atoms with van der Waals surface area (Å²) in [5.41, 5.74) is 9.10. The van der Waals surface area contributed by atoms with Crippen LogP contribution in [0, 0.1) is 13.8 Å². The van der Waals surface area contributed by atoms with E-state index in [1.54, 1.807) is 4.68 Å². The van der Waals surface area contributed by atoms with E-state index in [0.29, 0.717) is 0 Å². The predicted molar refractivity (Wildman–Crippen MR) is 124 cm³/mol. The SMILES string of the molecule is CCn1c(-c2ccccc2-c2ccc(C)cc2C)nc2cc(-c3nnnn3C)ccc21. The van der Waals surface area contributed by atoms with Gasteiger partial charge >= 0.3 is 0 Å². The Labute approximate surface area is 181 Å². The van der Waals surface area contributed by atoms with E-state index in [-0.39, 0.29) is 0 Å². The van der Waals surface area contributed by atoms with Gasteiger partial charge in [0.25, 0.3) is 0 Å². The number of aromatic nitrogens is 6. The fourth-order valence-corrected chi connectivity index (χ4v) is 4.30. The Morgan fingerprint density at radius 2 is 1.65 bits per heavy atom. The molecule has 0 aliphatic heterocycles. The number of rotatable bonds is 4. The van der Waals surface area contributed by atoms with Crippen LogP contribution in [0.5, 0.6) is 0 Å². The zero-order valence-corrected chi connectivity index (χ0v) is 18.2. The van der Waals surface area contributed by atoms with Crippen molar-refractivity contribution in [1.29, 1.82) is 0 Å². The highest BCUT2D eigenvalue weighted by Crippen LogP contribution is 2.36. The van der Waals surface area contributed by atoms with E-state index >= 15 is 0 Å². The maximum atomic E-state index is 5.07. The lowest BCUT2D eigenvalue weighted by atomic mass is 9.94. The molecular weight excluding hydrogens is 384 g/mol. The van der Waals surface area contributed by atoms with E-state index < -0.39 is 0 Å². The summed E-state index contributed by atoms with van der Waals surface area (Å²) in [6.45, 7) is 7.29. The van der Waals surface area contributed by atoms with Crippen molar-refractivity contribution in [2.75, 3.05) is 0 Å². The van der Waals surface area contributed by atoms with E-state index in [2.05, 4.69) is 102 Å². The quantitative estimate of drug-likeness (QED) is 0.410. The predicted octanol–water partition coefficient (Wildman–Crippen LogP) is 5.20. The van der Waals surface area contributed by atoms with Gasteiger partial charge in [0.05, 0.1) is 11.0 Å². The van der Waals surface area contributed by atoms with Gasteiger partial charge in [0, 0.05) is 24.7 Å². The van der Waals surface area contributed by atoms with Crippen LogP contribution in [-0.4, -0.2) is 29.8 Å². The fraction of sp³-hybridized carbons (Fsp3) is 0.200. The molecule has 0 aliphatic carbocycles. The van der Waals surface area contributed by atoms with Gasteiger partial charge in [-0.3, -0.25) is 0 Å². The van der Waals surface area contributed by atoms with Crippen LogP contribution in [0.4, 0.5) is 0 Å². The first-order valence-corrected chi connectivity index (χ1v) is 10.5. The summed E-state index contributed by atoms with van der Waals surface area (Å²) in [6.07, 6.45) is 0. The second kappa shape index (κ2) is 7.47. The van der Waals surface area contributed by atoms with Crippen LogP contribution in [0.2, 0.25) is 0 Å². The molecule has 0 amide bonds. The van der Waals surface area contributed by atoms with Crippen molar-refractivity contribution in [3.63, 3.8) is 0 Å². The molecule has 2 aromatic heterocycles. The number of fused-ring (bicyclic) bond motifs is 1. The Morgan fingerprint density at radius 1 is 0.839 bits per heavy atom. The summed E-state index contributed by atoms with van der Waals surface area (Å²) in [6, 6.07) is 21.4. The molecule has 0 radical (unpaired) electrons. The van der Waals surface area contributed by atoms with Gasteiger partial charge in [0.15, 0.2) is 5.82 Å². The molecule has 6 heteroatoms. The Bertz CT molecular complexity index is 1410. The lowest BCUT2D eigenvalue weighted by molar-refractivity contribution is 0.715. The van der Waals surface area contributed by atoms with Gasteiger partial charge in [-0.2, -0.15) is 0 Å². The topological polar surface area (TPSA) is 61.4 Å². The second-order valence-corrected chi connectivity index (χ2v) is 7.87. The number of benzene rings is 3. The third kappa shape index (κ3) is 3.20. The molecule has 0 N–H and O–H groups in total. The lowest BCUT2D eigenvalue weighted by Crippen LogP contribution is -1.99. The molecule has 0 atom stereocenters. The summed E-state index contributed by atoms with van der Waals surface area (Å²) >= 11 is 0. The minimum absolute atomic E-state index is 0.727. The first kappa shape index (κ1) is 19.2. The molecule has 0 spiro atoms. The number of nitrogens with zero attached hydrogens (tertiary/aromatic N) is 6. The molecule has 3 aromatic carbocycles. The summed E-state index contributed by atoms with van der Waals surface area (Å²) < 4.78 is 3.95. The van der Waals surface area contributed by atoms with Gasteiger partial charge < -0.3 is 4.57 Å². The Hall–Kier alpha value is -3.80. The third-order valence-electron chi connectivity index (χ3n) is 5.78. The van der Waals surface area contributed by atoms with Crippen LogP contribution < -0.4 is 0 Å². The molecule has 0 saturated heterocycles. The summed E-state index contributed by atoms with van der Waals surface area (Å²) in [5.74, 6) is 1.70. The maximum Gasteiger partial charge on any atom is 0.181 e. The van der Waals surface area contributed by atoms with Gasteiger partial charge in [0.2, 0.25) is 0 Å². The standard InChI is InChI=1S/C25H24N6/c1-5-31-23-13-11-18(24-27-28-29-30(24)4)15-22(23)26-25(31)21-9-7-6-8-20(21)19-12-10-16(2)14-17(19)3/h6-15H,5H2,1-4H3. The first-order chi connectivity index (χ1) is 15.1. The third-order valence-corrected chi connectivity index (χ3v) is 5.78. The van der Waals surface area contributed by atoms with Crippen LogP contribution in [0.25, 0.3) is 44.9 Å². The number of imidazole rings is 1. The van der Waals surface area contributed by atoms with E-state index in [1.165, 1.54) is 22.3 Å². The number of hydrogen-bond acceptors (Lipinski definition) is 4. The molecule has 5 aromatic rings. The molecule has 0 fully saturated rings. The molecular formula is C25H24N6. The molecule has 2 heterocycles. The monoisotopic (exact) mass is 408 g/mol. The molecule has 31 heavy (non-hydrogen) atoms. The van der Waals surface area contributed by atoms with Gasteiger partial charge in [-0.25, -0.2) is 9.67 Å². The summed E-state index contributed by atoms with van der Waals surface area (Å²) in [7, 11) is 1.84. The Kier molecular flexibility index (Phi) is 4.62. The van der Waals surface area contributed by atoms with Crippen molar-refractivity contribution >= 4 is 11.0 Å². The molecule has 0 bridgehead atoms. The summed E-state index contributed by atoms with van der Waals surface area (Å²) in [4.78, 5) is 5.07. The smallest absolute Gasteiger partial charge is 0.181 e. The highest BCUT2D eigenvalue weighted by Gasteiger charge is 2.17. The first-order valence-electron chi connectivity index (χ1n) is 10.5. The van der Waals surface area contributed by atoms with E-state index in [1.807, 2.05) is 7.05 Å². The minimum Gasteiger partial charge on any atom is -0.324 e. The van der Waals surface area contributed by atoms with Crippen molar-refractivity contribution in [2.45, 2.75) is 27.3 Å². The van der Waals surface area contributed by atoms with Gasteiger partial charge in [-0.05, 0) is 66.1 Å². The van der Waals surface area contributed by atoms with Crippen molar-refractivity contribution in [3.8, 4) is 33.9 Å². The van der Waals surface area contributed by atoms with Crippen molar-refractivity contribution < 1.29 is 0 Å². The summed E-state index contributed by atoms with van der Waals surface area (Å²) in [5, 5.41) is 11.8. The zero-order chi connectivity index (χ0) is 21.5. The van der Waals surface area contributed by atoms with Crippen LogP contribution in [0.15, 0.2) is 60.7 Å². The minimum atomic E-state index is 0.727.